The molecule has 0 saturated carbocycles. The summed E-state index contributed by atoms with van der Waals surface area (Å²) in [6, 6.07) is 14.5. The number of halogens is 1. The third-order valence-electron chi connectivity index (χ3n) is 3.86. The van der Waals surface area contributed by atoms with Crippen molar-refractivity contribution >= 4 is 41.7 Å². The summed E-state index contributed by atoms with van der Waals surface area (Å²) in [6.07, 6.45) is 0.392. The molecule has 0 heterocycles. The summed E-state index contributed by atoms with van der Waals surface area (Å²) in [5, 5.41) is 2.87. The van der Waals surface area contributed by atoms with E-state index >= 15 is 0 Å². The van der Waals surface area contributed by atoms with E-state index in [0.717, 1.165) is 22.4 Å². The first-order chi connectivity index (χ1) is 12.5. The first kappa shape index (κ1) is 23.0. The molecular formula is C20H25ClN2O3S. The minimum absolute atomic E-state index is 0. The molecule has 0 aliphatic carbocycles. The van der Waals surface area contributed by atoms with Crippen molar-refractivity contribution in [1.29, 1.82) is 0 Å². The standard InChI is InChI=1S/C20H24N2O3S.ClH/c1-14-6-8-16(9-7-14)19(21)20(24)22-17-5-3-4-15(12-17)13-26-11-10-18(23)25-2;/h3-9,12,19H,10-11,13,21H2,1-2H3,(H,22,24);1H. The molecule has 0 saturated heterocycles. The van der Waals surface area contributed by atoms with Crippen molar-refractivity contribution < 1.29 is 14.3 Å². The number of nitrogens with one attached hydrogen (secondary N) is 1. The highest BCUT2D eigenvalue weighted by molar-refractivity contribution is 7.98. The molecule has 2 rings (SSSR count). The van der Waals surface area contributed by atoms with Crippen LogP contribution >= 0.6 is 24.2 Å². The fourth-order valence-electron chi connectivity index (χ4n) is 2.33. The molecule has 1 unspecified atom stereocenters. The van der Waals surface area contributed by atoms with Crippen LogP contribution < -0.4 is 11.1 Å². The largest absolute Gasteiger partial charge is 0.469 e. The Morgan fingerprint density at radius 2 is 1.89 bits per heavy atom. The van der Waals surface area contributed by atoms with Crippen LogP contribution in [0.25, 0.3) is 0 Å². The Morgan fingerprint density at radius 1 is 1.19 bits per heavy atom. The van der Waals surface area contributed by atoms with E-state index < -0.39 is 6.04 Å². The summed E-state index contributed by atoms with van der Waals surface area (Å²) in [5.41, 5.74) is 9.74. The van der Waals surface area contributed by atoms with Gasteiger partial charge in [-0.1, -0.05) is 42.0 Å². The number of aryl methyl sites for hydroxylation is 1. The molecule has 0 radical (unpaired) electrons. The molecule has 0 aliphatic rings. The third-order valence-corrected chi connectivity index (χ3v) is 4.89. The van der Waals surface area contributed by atoms with Crippen LogP contribution in [0.15, 0.2) is 48.5 Å². The number of thioether (sulfide) groups is 1. The van der Waals surface area contributed by atoms with Crippen molar-refractivity contribution in [2.24, 2.45) is 5.73 Å². The Balaban J connectivity index is 0.00000364. The molecule has 3 N–H and O–H groups in total. The first-order valence-electron chi connectivity index (χ1n) is 8.36. The van der Waals surface area contributed by atoms with Gasteiger partial charge in [0.25, 0.3) is 0 Å². The molecule has 27 heavy (non-hydrogen) atoms. The van der Waals surface area contributed by atoms with Gasteiger partial charge in [-0.2, -0.15) is 11.8 Å². The number of ether oxygens (including phenoxy) is 1. The lowest BCUT2D eigenvalue weighted by Gasteiger charge is -2.13. The van der Waals surface area contributed by atoms with Gasteiger partial charge in [0.2, 0.25) is 5.91 Å². The van der Waals surface area contributed by atoms with Crippen LogP contribution in [0.4, 0.5) is 5.69 Å². The number of anilines is 1. The molecule has 2 aromatic carbocycles. The number of carbonyl (C=O) groups is 2. The van der Waals surface area contributed by atoms with E-state index in [0.29, 0.717) is 17.9 Å². The second-order valence-corrected chi connectivity index (χ2v) is 7.06. The quantitative estimate of drug-likeness (QED) is 0.512. The summed E-state index contributed by atoms with van der Waals surface area (Å²) in [4.78, 5) is 23.5. The Bertz CT molecular complexity index is 753. The van der Waals surface area contributed by atoms with E-state index in [1.807, 2.05) is 55.5 Å². The van der Waals surface area contributed by atoms with Gasteiger partial charge >= 0.3 is 5.97 Å². The smallest absolute Gasteiger partial charge is 0.306 e. The summed E-state index contributed by atoms with van der Waals surface area (Å²) in [6.45, 7) is 1.99. The number of nitrogens with two attached hydrogens (primary N) is 1. The molecule has 0 bridgehead atoms. The Labute approximate surface area is 170 Å². The van der Waals surface area contributed by atoms with E-state index in [9.17, 15) is 9.59 Å². The highest BCUT2D eigenvalue weighted by Gasteiger charge is 2.15. The van der Waals surface area contributed by atoms with Crippen molar-refractivity contribution in [2.75, 3.05) is 18.2 Å². The molecule has 0 aliphatic heterocycles. The summed E-state index contributed by atoms with van der Waals surface area (Å²) < 4.78 is 4.62. The van der Waals surface area contributed by atoms with Gasteiger partial charge in [-0.25, -0.2) is 0 Å². The van der Waals surface area contributed by atoms with Gasteiger partial charge in [0.05, 0.1) is 13.5 Å². The van der Waals surface area contributed by atoms with E-state index in [4.69, 9.17) is 5.73 Å². The maximum Gasteiger partial charge on any atom is 0.306 e. The zero-order chi connectivity index (χ0) is 18.9. The van der Waals surface area contributed by atoms with Crippen molar-refractivity contribution in [3.05, 3.63) is 65.2 Å². The van der Waals surface area contributed by atoms with E-state index in [2.05, 4.69) is 10.1 Å². The second-order valence-electron chi connectivity index (χ2n) is 5.96. The van der Waals surface area contributed by atoms with Crippen LogP contribution in [0.5, 0.6) is 0 Å². The molecule has 1 amide bonds. The molecule has 1 atom stereocenters. The van der Waals surface area contributed by atoms with Crippen molar-refractivity contribution in [1.82, 2.24) is 0 Å². The minimum atomic E-state index is -0.714. The number of carbonyl (C=O) groups excluding carboxylic acids is 2. The van der Waals surface area contributed by atoms with Gasteiger partial charge in [-0.3, -0.25) is 9.59 Å². The number of hydrogen-bond acceptors (Lipinski definition) is 5. The Morgan fingerprint density at radius 3 is 2.56 bits per heavy atom. The molecule has 0 spiro atoms. The minimum Gasteiger partial charge on any atom is -0.469 e. The lowest BCUT2D eigenvalue weighted by molar-refractivity contribution is -0.140. The summed E-state index contributed by atoms with van der Waals surface area (Å²) >= 11 is 1.64. The van der Waals surface area contributed by atoms with Crippen LogP contribution in [-0.4, -0.2) is 24.7 Å². The number of amides is 1. The van der Waals surface area contributed by atoms with Crippen LogP contribution in [0, 0.1) is 6.92 Å². The molecular weight excluding hydrogens is 384 g/mol. The summed E-state index contributed by atoms with van der Waals surface area (Å²) in [7, 11) is 1.39. The average molecular weight is 409 g/mol. The van der Waals surface area contributed by atoms with Crippen LogP contribution in [0.3, 0.4) is 0 Å². The number of methoxy groups -OCH3 is 1. The number of hydrogen-bond donors (Lipinski definition) is 2. The lowest BCUT2D eigenvalue weighted by atomic mass is 10.1. The normalized spacial score (nSPS) is 11.2. The van der Waals surface area contributed by atoms with Crippen molar-refractivity contribution in [3.8, 4) is 0 Å². The van der Waals surface area contributed by atoms with Crippen LogP contribution in [0.2, 0.25) is 0 Å². The Kier molecular flexibility index (Phi) is 9.93. The molecule has 146 valence electrons. The number of benzene rings is 2. The zero-order valence-corrected chi connectivity index (χ0v) is 17.1. The van der Waals surface area contributed by atoms with E-state index in [1.165, 1.54) is 7.11 Å². The molecule has 7 heteroatoms. The monoisotopic (exact) mass is 408 g/mol. The second kappa shape index (κ2) is 11.6. The number of rotatable bonds is 8. The highest BCUT2D eigenvalue weighted by atomic mass is 35.5. The van der Waals surface area contributed by atoms with Gasteiger partial charge in [-0.15, -0.1) is 12.4 Å². The van der Waals surface area contributed by atoms with E-state index in [1.54, 1.807) is 11.8 Å². The average Bonchev–Trinajstić information content (AvgIpc) is 2.65. The molecule has 0 aromatic heterocycles. The van der Waals surface area contributed by atoms with Crippen LogP contribution in [-0.2, 0) is 20.1 Å². The lowest BCUT2D eigenvalue weighted by Crippen LogP contribution is -2.27. The maximum atomic E-state index is 12.4. The van der Waals surface area contributed by atoms with Crippen LogP contribution in [0.1, 0.15) is 29.2 Å². The summed E-state index contributed by atoms with van der Waals surface area (Å²) in [5.74, 6) is 1.000. The highest BCUT2D eigenvalue weighted by Crippen LogP contribution is 2.19. The predicted molar refractivity (Wildman–Crippen MR) is 113 cm³/mol. The van der Waals surface area contributed by atoms with E-state index in [-0.39, 0.29) is 24.3 Å². The SMILES string of the molecule is COC(=O)CCSCc1cccc(NC(=O)C(N)c2ccc(C)cc2)c1.Cl. The Hall–Kier alpha value is -2.02. The third kappa shape index (κ3) is 7.62. The predicted octanol–water partition coefficient (Wildman–Crippen LogP) is 3.85. The maximum absolute atomic E-state index is 12.4. The van der Waals surface area contributed by atoms with Gasteiger partial charge in [0, 0.05) is 17.2 Å². The van der Waals surface area contributed by atoms with Gasteiger partial charge in [0.15, 0.2) is 0 Å². The molecule has 5 nitrogen and oxygen atoms in total. The van der Waals surface area contributed by atoms with Crippen molar-refractivity contribution in [3.63, 3.8) is 0 Å². The fourth-order valence-corrected chi connectivity index (χ4v) is 3.20. The molecule has 2 aromatic rings. The van der Waals surface area contributed by atoms with Gasteiger partial charge < -0.3 is 15.8 Å². The fraction of sp³-hybridized carbons (Fsp3) is 0.300. The van der Waals surface area contributed by atoms with Gasteiger partial charge in [0.1, 0.15) is 6.04 Å². The van der Waals surface area contributed by atoms with Gasteiger partial charge in [-0.05, 0) is 30.2 Å². The first-order valence-corrected chi connectivity index (χ1v) is 9.51. The van der Waals surface area contributed by atoms with Crippen molar-refractivity contribution in [2.45, 2.75) is 25.1 Å². The molecule has 0 fully saturated rings. The zero-order valence-electron chi connectivity index (χ0n) is 15.4. The number of esters is 1. The topological polar surface area (TPSA) is 81.4 Å².